The lowest BCUT2D eigenvalue weighted by atomic mass is 10.1. The zero-order valence-corrected chi connectivity index (χ0v) is 17.3. The summed E-state index contributed by atoms with van der Waals surface area (Å²) in [5, 5.41) is 7.62. The van der Waals surface area contributed by atoms with E-state index >= 15 is 0 Å². The van der Waals surface area contributed by atoms with E-state index in [9.17, 15) is 9.59 Å². The van der Waals surface area contributed by atoms with Gasteiger partial charge in [-0.1, -0.05) is 54.1 Å². The van der Waals surface area contributed by atoms with Crippen molar-refractivity contribution in [2.24, 2.45) is 0 Å². The molecule has 0 radical (unpaired) electrons. The van der Waals surface area contributed by atoms with Crippen LogP contribution in [0.25, 0.3) is 5.69 Å². The molecule has 0 aliphatic carbocycles. The summed E-state index contributed by atoms with van der Waals surface area (Å²) in [5.74, 6) is -0.515. The number of para-hydroxylation sites is 1. The van der Waals surface area contributed by atoms with E-state index < -0.39 is 11.3 Å². The molecule has 1 aromatic heterocycles. The molecule has 0 saturated heterocycles. The molecule has 0 unspecified atom stereocenters. The predicted octanol–water partition coefficient (Wildman–Crippen LogP) is 3.23. The Hall–Kier alpha value is -2.96. The lowest BCUT2D eigenvalue weighted by Crippen LogP contribution is -2.37. The maximum Gasteiger partial charge on any atom is 0.275 e. The first-order chi connectivity index (χ1) is 13.9. The van der Waals surface area contributed by atoms with Crippen LogP contribution in [0, 0.1) is 6.92 Å². The SMILES string of the molecule is Cc1cc(=O)c(C(=O)NC[C@@H](c2ccccc2)N(C)C)nn1-c1ccccc1Cl. The largest absolute Gasteiger partial charge is 0.349 e. The second kappa shape index (κ2) is 9.03. The Morgan fingerprint density at radius 1 is 1.14 bits per heavy atom. The van der Waals surface area contributed by atoms with Gasteiger partial charge in [-0.3, -0.25) is 9.59 Å². The van der Waals surface area contributed by atoms with Crippen molar-refractivity contribution >= 4 is 17.5 Å². The number of aryl methyl sites for hydroxylation is 1. The number of hydrogen-bond acceptors (Lipinski definition) is 4. The van der Waals surface area contributed by atoms with Gasteiger partial charge in [0.2, 0.25) is 5.43 Å². The molecule has 29 heavy (non-hydrogen) atoms. The predicted molar refractivity (Wildman–Crippen MR) is 115 cm³/mol. The number of aromatic nitrogens is 2. The summed E-state index contributed by atoms with van der Waals surface area (Å²) < 4.78 is 1.51. The third-order valence-electron chi connectivity index (χ3n) is 4.67. The van der Waals surface area contributed by atoms with Gasteiger partial charge in [-0.05, 0) is 38.7 Å². The molecule has 0 bridgehead atoms. The first-order valence-corrected chi connectivity index (χ1v) is 9.61. The van der Waals surface area contributed by atoms with Crippen molar-refractivity contribution in [3.8, 4) is 5.69 Å². The molecule has 1 atom stereocenters. The molecule has 1 amide bonds. The lowest BCUT2D eigenvalue weighted by molar-refractivity contribution is 0.0934. The van der Waals surface area contributed by atoms with Crippen LogP contribution in [0.4, 0.5) is 0 Å². The van der Waals surface area contributed by atoms with Gasteiger partial charge in [-0.25, -0.2) is 4.68 Å². The average Bonchev–Trinajstić information content (AvgIpc) is 2.69. The molecule has 3 aromatic rings. The van der Waals surface area contributed by atoms with Crippen LogP contribution in [0.15, 0.2) is 65.5 Å². The van der Waals surface area contributed by atoms with E-state index in [1.54, 1.807) is 19.1 Å². The highest BCUT2D eigenvalue weighted by molar-refractivity contribution is 6.32. The maximum atomic E-state index is 12.8. The zero-order valence-electron chi connectivity index (χ0n) is 16.6. The maximum absolute atomic E-state index is 12.8. The fraction of sp³-hybridized carbons (Fsp3) is 0.227. The Balaban J connectivity index is 1.87. The number of hydrogen-bond donors (Lipinski definition) is 1. The number of nitrogens with one attached hydrogen (secondary N) is 1. The Bertz CT molecular complexity index is 1060. The van der Waals surface area contributed by atoms with Crippen molar-refractivity contribution in [2.45, 2.75) is 13.0 Å². The lowest BCUT2D eigenvalue weighted by Gasteiger charge is -2.25. The van der Waals surface area contributed by atoms with E-state index in [1.807, 2.05) is 61.5 Å². The molecule has 0 spiro atoms. The Labute approximate surface area is 174 Å². The topological polar surface area (TPSA) is 67.2 Å². The quantitative estimate of drug-likeness (QED) is 0.677. The van der Waals surface area contributed by atoms with Crippen LogP contribution < -0.4 is 10.7 Å². The van der Waals surface area contributed by atoms with Crippen molar-refractivity contribution in [1.82, 2.24) is 20.0 Å². The number of halogens is 1. The third-order valence-corrected chi connectivity index (χ3v) is 4.99. The van der Waals surface area contributed by atoms with Gasteiger partial charge < -0.3 is 10.2 Å². The molecule has 6 nitrogen and oxygen atoms in total. The Kier molecular flexibility index (Phi) is 6.46. The Morgan fingerprint density at radius 3 is 2.45 bits per heavy atom. The van der Waals surface area contributed by atoms with E-state index in [1.165, 1.54) is 10.7 Å². The number of carbonyl (C=O) groups excluding carboxylic acids is 1. The minimum Gasteiger partial charge on any atom is -0.349 e. The van der Waals surface area contributed by atoms with Gasteiger partial charge in [0.1, 0.15) is 0 Å². The first-order valence-electron chi connectivity index (χ1n) is 9.24. The summed E-state index contributed by atoms with van der Waals surface area (Å²) >= 11 is 6.26. The number of amides is 1. The van der Waals surface area contributed by atoms with E-state index in [-0.39, 0.29) is 11.7 Å². The van der Waals surface area contributed by atoms with Gasteiger partial charge in [-0.15, -0.1) is 0 Å². The monoisotopic (exact) mass is 410 g/mol. The van der Waals surface area contributed by atoms with Crippen molar-refractivity contribution in [1.29, 1.82) is 0 Å². The van der Waals surface area contributed by atoms with Crippen molar-refractivity contribution in [3.05, 3.63) is 92.9 Å². The molecule has 1 N–H and O–H groups in total. The van der Waals surface area contributed by atoms with Crippen molar-refractivity contribution in [2.75, 3.05) is 20.6 Å². The van der Waals surface area contributed by atoms with E-state index in [2.05, 4.69) is 10.4 Å². The smallest absolute Gasteiger partial charge is 0.275 e. The average molecular weight is 411 g/mol. The number of benzene rings is 2. The van der Waals surface area contributed by atoms with Crippen LogP contribution in [0.5, 0.6) is 0 Å². The van der Waals surface area contributed by atoms with Gasteiger partial charge in [0.05, 0.1) is 16.8 Å². The molecule has 1 heterocycles. The molecule has 0 saturated carbocycles. The molecule has 7 heteroatoms. The minimum atomic E-state index is -0.515. The highest BCUT2D eigenvalue weighted by Crippen LogP contribution is 2.20. The minimum absolute atomic E-state index is 0.0311. The van der Waals surface area contributed by atoms with Gasteiger partial charge in [0.15, 0.2) is 5.69 Å². The summed E-state index contributed by atoms with van der Waals surface area (Å²) in [7, 11) is 3.89. The van der Waals surface area contributed by atoms with Crippen molar-refractivity contribution < 1.29 is 4.79 Å². The third kappa shape index (κ3) is 4.72. The van der Waals surface area contributed by atoms with E-state index in [0.717, 1.165) is 5.56 Å². The fourth-order valence-electron chi connectivity index (χ4n) is 3.12. The number of rotatable bonds is 6. The van der Waals surface area contributed by atoms with Crippen LogP contribution in [0.2, 0.25) is 5.02 Å². The summed E-state index contributed by atoms with van der Waals surface area (Å²) in [6, 6.07) is 18.4. The number of nitrogens with zero attached hydrogens (tertiary/aromatic N) is 3. The molecule has 0 aliphatic rings. The molecule has 3 rings (SSSR count). The summed E-state index contributed by atoms with van der Waals surface area (Å²) in [5.41, 5.74) is 1.68. The van der Waals surface area contributed by atoms with Crippen LogP contribution in [0.1, 0.15) is 27.8 Å². The van der Waals surface area contributed by atoms with E-state index in [0.29, 0.717) is 22.9 Å². The standard InChI is InChI=1S/C22H23ClN4O2/c1-15-13-20(28)21(25-27(15)18-12-8-7-11-17(18)23)22(29)24-14-19(26(2)3)16-9-5-4-6-10-16/h4-13,19H,14H2,1-3H3,(H,24,29)/t19-/m0/s1. The molecule has 0 fully saturated rings. The summed E-state index contributed by atoms with van der Waals surface area (Å²) in [6.45, 7) is 2.09. The molecule has 150 valence electrons. The van der Waals surface area contributed by atoms with Crippen LogP contribution in [-0.4, -0.2) is 41.2 Å². The first kappa shape index (κ1) is 20.8. The van der Waals surface area contributed by atoms with Gasteiger partial charge in [0.25, 0.3) is 5.91 Å². The fourth-order valence-corrected chi connectivity index (χ4v) is 3.33. The van der Waals surface area contributed by atoms with E-state index in [4.69, 9.17) is 11.6 Å². The Morgan fingerprint density at radius 2 is 1.79 bits per heavy atom. The van der Waals surface area contributed by atoms with Crippen molar-refractivity contribution in [3.63, 3.8) is 0 Å². The number of likely N-dealkylation sites (N-methyl/N-ethyl adjacent to an activating group) is 1. The highest BCUT2D eigenvalue weighted by atomic mass is 35.5. The highest BCUT2D eigenvalue weighted by Gasteiger charge is 2.19. The van der Waals surface area contributed by atoms with Gasteiger partial charge >= 0.3 is 0 Å². The van der Waals surface area contributed by atoms with Crippen LogP contribution in [0.3, 0.4) is 0 Å². The summed E-state index contributed by atoms with van der Waals surface area (Å²) in [6.07, 6.45) is 0. The molecule has 0 aliphatic heterocycles. The molecule has 2 aromatic carbocycles. The normalized spacial score (nSPS) is 12.0. The molecular weight excluding hydrogens is 388 g/mol. The van der Waals surface area contributed by atoms with Gasteiger partial charge in [0, 0.05) is 18.3 Å². The number of carbonyl (C=O) groups is 1. The second-order valence-corrected chi connectivity index (χ2v) is 7.37. The summed E-state index contributed by atoms with van der Waals surface area (Å²) in [4.78, 5) is 27.2. The molecular formula is C22H23ClN4O2. The van der Waals surface area contributed by atoms with Crippen LogP contribution in [-0.2, 0) is 0 Å². The van der Waals surface area contributed by atoms with Gasteiger partial charge in [-0.2, -0.15) is 5.10 Å². The zero-order chi connectivity index (χ0) is 21.0. The second-order valence-electron chi connectivity index (χ2n) is 6.96. The van der Waals surface area contributed by atoms with Crippen LogP contribution >= 0.6 is 11.6 Å².